The molecule has 1 unspecified atom stereocenters. The van der Waals surface area contributed by atoms with Gasteiger partial charge in [0, 0.05) is 26.8 Å². The van der Waals surface area contributed by atoms with E-state index in [1.54, 1.807) is 14.2 Å². The minimum Gasteiger partial charge on any atom is -0.383 e. The van der Waals surface area contributed by atoms with E-state index in [2.05, 4.69) is 24.1 Å². The Kier molecular flexibility index (Phi) is 11.2. The number of nitrogens with zero attached hydrogens (tertiary/aromatic N) is 1. The van der Waals surface area contributed by atoms with Crippen molar-refractivity contribution in [2.45, 2.75) is 26.3 Å². The van der Waals surface area contributed by atoms with Gasteiger partial charge < -0.3 is 14.8 Å². The van der Waals surface area contributed by atoms with Gasteiger partial charge in [-0.2, -0.15) is 0 Å². The van der Waals surface area contributed by atoms with Crippen molar-refractivity contribution in [1.82, 2.24) is 10.2 Å². The fourth-order valence-electron chi connectivity index (χ4n) is 1.69. The van der Waals surface area contributed by atoms with E-state index in [4.69, 9.17) is 9.47 Å². The molecule has 4 nitrogen and oxygen atoms in total. The highest BCUT2D eigenvalue weighted by atomic mass is 16.5. The molecule has 0 amide bonds. The molecule has 1 N–H and O–H groups in total. The van der Waals surface area contributed by atoms with Gasteiger partial charge in [-0.25, -0.2) is 0 Å². The summed E-state index contributed by atoms with van der Waals surface area (Å²) in [6.45, 7) is 10.1. The van der Waals surface area contributed by atoms with Gasteiger partial charge >= 0.3 is 0 Å². The molecule has 0 aromatic rings. The molecule has 1 atom stereocenters. The molecule has 0 fully saturated rings. The summed E-state index contributed by atoms with van der Waals surface area (Å²) in [4.78, 5) is 2.42. The molecule has 0 saturated heterocycles. The second kappa shape index (κ2) is 11.3. The van der Waals surface area contributed by atoms with E-state index in [9.17, 15) is 0 Å². The van der Waals surface area contributed by atoms with E-state index in [0.717, 1.165) is 39.4 Å². The van der Waals surface area contributed by atoms with Crippen LogP contribution in [0, 0.1) is 0 Å². The predicted octanol–water partition coefficient (Wildman–Crippen LogP) is 0.969. The van der Waals surface area contributed by atoms with Crippen LogP contribution >= 0.6 is 0 Å². The third-order valence-corrected chi connectivity index (χ3v) is 2.66. The van der Waals surface area contributed by atoms with Crippen LogP contribution in [0.4, 0.5) is 0 Å². The lowest BCUT2D eigenvalue weighted by Gasteiger charge is -2.28. The Morgan fingerprint density at radius 2 is 1.94 bits per heavy atom. The fourth-order valence-corrected chi connectivity index (χ4v) is 1.69. The van der Waals surface area contributed by atoms with Gasteiger partial charge in [-0.3, -0.25) is 4.90 Å². The zero-order valence-corrected chi connectivity index (χ0v) is 11.3. The molecule has 0 aliphatic heterocycles. The van der Waals surface area contributed by atoms with Crippen molar-refractivity contribution in [3.63, 3.8) is 0 Å². The van der Waals surface area contributed by atoms with E-state index in [0.29, 0.717) is 6.04 Å². The highest BCUT2D eigenvalue weighted by molar-refractivity contribution is 4.67. The standard InChI is InChI=1S/C12H28N2O2/c1-5-13-7-6-8-14(9-10-15-3)12(2)11-16-4/h12-13H,5-11H2,1-4H3. The summed E-state index contributed by atoms with van der Waals surface area (Å²) in [5.41, 5.74) is 0. The first-order chi connectivity index (χ1) is 7.76. The topological polar surface area (TPSA) is 33.7 Å². The highest BCUT2D eigenvalue weighted by Gasteiger charge is 2.12. The number of nitrogens with one attached hydrogen (secondary N) is 1. The zero-order chi connectivity index (χ0) is 12.2. The van der Waals surface area contributed by atoms with Gasteiger partial charge in [0.2, 0.25) is 0 Å². The van der Waals surface area contributed by atoms with Gasteiger partial charge in [-0.15, -0.1) is 0 Å². The maximum absolute atomic E-state index is 5.19. The molecule has 0 rings (SSSR count). The van der Waals surface area contributed by atoms with E-state index >= 15 is 0 Å². The quantitative estimate of drug-likeness (QED) is 0.538. The Bertz CT molecular complexity index is 145. The normalized spacial score (nSPS) is 13.3. The molecule has 0 aliphatic carbocycles. The van der Waals surface area contributed by atoms with Gasteiger partial charge in [0.05, 0.1) is 13.2 Å². The molecule has 0 aromatic carbocycles. The van der Waals surface area contributed by atoms with Crippen LogP contribution in [0.1, 0.15) is 20.3 Å². The Morgan fingerprint density at radius 3 is 2.50 bits per heavy atom. The predicted molar refractivity (Wildman–Crippen MR) is 67.9 cm³/mol. The lowest BCUT2D eigenvalue weighted by molar-refractivity contribution is 0.0744. The van der Waals surface area contributed by atoms with Crippen molar-refractivity contribution in [2.75, 3.05) is 53.6 Å². The average molecular weight is 232 g/mol. The second-order valence-electron chi connectivity index (χ2n) is 4.04. The minimum atomic E-state index is 0.460. The number of hydrogen-bond donors (Lipinski definition) is 1. The summed E-state index contributed by atoms with van der Waals surface area (Å²) in [7, 11) is 3.50. The lowest BCUT2D eigenvalue weighted by atomic mass is 10.2. The van der Waals surface area contributed by atoms with Crippen LogP contribution in [0.25, 0.3) is 0 Å². The molecule has 0 radical (unpaired) electrons. The minimum absolute atomic E-state index is 0.460. The first-order valence-corrected chi connectivity index (χ1v) is 6.18. The summed E-state index contributed by atoms with van der Waals surface area (Å²) in [6.07, 6.45) is 1.17. The van der Waals surface area contributed by atoms with Crippen molar-refractivity contribution in [3.8, 4) is 0 Å². The molecule has 0 saturated carbocycles. The zero-order valence-electron chi connectivity index (χ0n) is 11.3. The second-order valence-corrected chi connectivity index (χ2v) is 4.04. The van der Waals surface area contributed by atoms with Crippen molar-refractivity contribution in [1.29, 1.82) is 0 Å². The van der Waals surface area contributed by atoms with Crippen LogP contribution < -0.4 is 5.32 Å². The summed E-state index contributed by atoms with van der Waals surface area (Å²) < 4.78 is 10.3. The Labute approximate surface area is 100 Å². The highest BCUT2D eigenvalue weighted by Crippen LogP contribution is 2.01. The smallest absolute Gasteiger partial charge is 0.0615 e. The monoisotopic (exact) mass is 232 g/mol. The third kappa shape index (κ3) is 8.05. The van der Waals surface area contributed by atoms with Crippen molar-refractivity contribution < 1.29 is 9.47 Å². The molecule has 0 aliphatic rings. The third-order valence-electron chi connectivity index (χ3n) is 2.66. The van der Waals surface area contributed by atoms with Crippen LogP contribution in [0.2, 0.25) is 0 Å². The number of rotatable bonds is 11. The summed E-state index contributed by atoms with van der Waals surface area (Å²) >= 11 is 0. The molecule has 16 heavy (non-hydrogen) atoms. The maximum atomic E-state index is 5.19. The van der Waals surface area contributed by atoms with E-state index in [-0.39, 0.29) is 0 Å². The Hall–Kier alpha value is -0.160. The Morgan fingerprint density at radius 1 is 1.19 bits per heavy atom. The number of ether oxygens (including phenoxy) is 2. The molecule has 0 aromatic heterocycles. The van der Waals surface area contributed by atoms with E-state index in [1.165, 1.54) is 6.42 Å². The van der Waals surface area contributed by atoms with Crippen molar-refractivity contribution >= 4 is 0 Å². The van der Waals surface area contributed by atoms with Crippen molar-refractivity contribution in [2.24, 2.45) is 0 Å². The Balaban J connectivity index is 3.79. The largest absolute Gasteiger partial charge is 0.383 e. The summed E-state index contributed by atoms with van der Waals surface area (Å²) in [5, 5.41) is 3.34. The summed E-state index contributed by atoms with van der Waals surface area (Å²) in [6, 6.07) is 0.460. The molecule has 0 bridgehead atoms. The lowest BCUT2D eigenvalue weighted by Crippen LogP contribution is -2.40. The van der Waals surface area contributed by atoms with E-state index < -0.39 is 0 Å². The maximum Gasteiger partial charge on any atom is 0.0615 e. The average Bonchev–Trinajstić information content (AvgIpc) is 2.28. The van der Waals surface area contributed by atoms with Crippen LogP contribution in [-0.2, 0) is 9.47 Å². The number of methoxy groups -OCH3 is 2. The van der Waals surface area contributed by atoms with Crippen LogP contribution in [0.3, 0.4) is 0 Å². The SMILES string of the molecule is CCNCCCN(CCOC)C(C)COC. The van der Waals surface area contributed by atoms with Gasteiger partial charge in [-0.1, -0.05) is 6.92 Å². The molecule has 0 spiro atoms. The van der Waals surface area contributed by atoms with Crippen LogP contribution in [0.15, 0.2) is 0 Å². The molecular formula is C12H28N2O2. The number of hydrogen-bond acceptors (Lipinski definition) is 4. The molecular weight excluding hydrogens is 204 g/mol. The van der Waals surface area contributed by atoms with Gasteiger partial charge in [-0.05, 0) is 33.0 Å². The molecule has 98 valence electrons. The fraction of sp³-hybridized carbons (Fsp3) is 1.00. The first kappa shape index (κ1) is 15.8. The first-order valence-electron chi connectivity index (χ1n) is 6.18. The van der Waals surface area contributed by atoms with Gasteiger partial charge in [0.1, 0.15) is 0 Å². The molecule has 4 heteroatoms. The molecule has 0 heterocycles. The van der Waals surface area contributed by atoms with Crippen LogP contribution in [0.5, 0.6) is 0 Å². The van der Waals surface area contributed by atoms with E-state index in [1.807, 2.05) is 0 Å². The van der Waals surface area contributed by atoms with Gasteiger partial charge in [0.15, 0.2) is 0 Å². The van der Waals surface area contributed by atoms with Gasteiger partial charge in [0.25, 0.3) is 0 Å². The van der Waals surface area contributed by atoms with Crippen LogP contribution in [-0.4, -0.2) is 64.6 Å². The van der Waals surface area contributed by atoms with Crippen molar-refractivity contribution in [3.05, 3.63) is 0 Å². The summed E-state index contributed by atoms with van der Waals surface area (Å²) in [5.74, 6) is 0.